The van der Waals surface area contributed by atoms with Gasteiger partial charge in [-0.05, 0) is 32.3 Å². The zero-order valence-electron chi connectivity index (χ0n) is 11.0. The van der Waals surface area contributed by atoms with Crippen LogP contribution in [0.25, 0.3) is 0 Å². The number of hydrogen-bond acceptors (Lipinski definition) is 2. The minimum atomic E-state index is -0.707. The van der Waals surface area contributed by atoms with Crippen LogP contribution in [0, 0.1) is 18.7 Å². The minimum absolute atomic E-state index is 0.0856. The molecule has 3 rings (SSSR count). The van der Waals surface area contributed by atoms with Crippen molar-refractivity contribution in [3.05, 3.63) is 35.1 Å². The fraction of sp³-hybridized carbons (Fsp3) is 0.533. The van der Waals surface area contributed by atoms with E-state index in [1.165, 1.54) is 6.07 Å². The molecule has 2 heterocycles. The first-order chi connectivity index (χ1) is 9.06. The number of aryl methyl sites for hydroxylation is 1. The van der Waals surface area contributed by atoms with Gasteiger partial charge in [-0.1, -0.05) is 17.7 Å². The lowest BCUT2D eigenvalue weighted by molar-refractivity contribution is -0.142. The predicted molar refractivity (Wildman–Crippen MR) is 69.2 cm³/mol. The molecule has 2 aliphatic rings. The van der Waals surface area contributed by atoms with E-state index in [0.29, 0.717) is 24.6 Å². The number of carboxylic acids is 1. The highest BCUT2D eigenvalue weighted by Gasteiger charge is 2.49. The molecule has 3 unspecified atom stereocenters. The highest BCUT2D eigenvalue weighted by Crippen LogP contribution is 2.42. The summed E-state index contributed by atoms with van der Waals surface area (Å²) >= 11 is 0. The number of carbonyl (C=O) groups is 1. The summed E-state index contributed by atoms with van der Waals surface area (Å²) < 4.78 is 13.8. The molecule has 2 saturated heterocycles. The van der Waals surface area contributed by atoms with Crippen molar-refractivity contribution in [1.29, 1.82) is 0 Å². The fourth-order valence-electron chi connectivity index (χ4n) is 3.63. The Morgan fingerprint density at radius 1 is 1.47 bits per heavy atom. The Balaban J connectivity index is 1.81. The second-order valence-electron chi connectivity index (χ2n) is 5.75. The summed E-state index contributed by atoms with van der Waals surface area (Å²) in [7, 11) is 0. The smallest absolute Gasteiger partial charge is 0.308 e. The zero-order valence-corrected chi connectivity index (χ0v) is 11.0. The standard InChI is InChI=1S/C15H18FNO2/c1-9-2-4-13(16)10(6-9)8-17-11-3-5-14(17)12(7-11)15(18)19/h2,4,6,11-12,14H,3,5,7-8H2,1H3,(H,18,19). The van der Waals surface area contributed by atoms with E-state index in [4.69, 9.17) is 0 Å². The second-order valence-corrected chi connectivity index (χ2v) is 5.75. The largest absolute Gasteiger partial charge is 0.481 e. The van der Waals surface area contributed by atoms with Crippen LogP contribution in [0.1, 0.15) is 30.4 Å². The van der Waals surface area contributed by atoms with E-state index in [1.807, 2.05) is 13.0 Å². The minimum Gasteiger partial charge on any atom is -0.481 e. The predicted octanol–water partition coefficient (Wildman–Crippen LogP) is 2.57. The van der Waals surface area contributed by atoms with Gasteiger partial charge in [-0.3, -0.25) is 9.69 Å². The highest BCUT2D eigenvalue weighted by molar-refractivity contribution is 5.71. The van der Waals surface area contributed by atoms with E-state index in [2.05, 4.69) is 4.90 Å². The molecule has 1 aromatic carbocycles. The van der Waals surface area contributed by atoms with Gasteiger partial charge in [0.25, 0.3) is 0 Å². The third-order valence-corrected chi connectivity index (χ3v) is 4.55. The molecule has 1 N–H and O–H groups in total. The Kier molecular flexibility index (Phi) is 3.05. The molecule has 3 atom stereocenters. The molecular weight excluding hydrogens is 245 g/mol. The lowest BCUT2D eigenvalue weighted by atomic mass is 9.89. The molecule has 0 aliphatic carbocycles. The average molecular weight is 263 g/mol. The maximum Gasteiger partial charge on any atom is 0.308 e. The molecule has 0 amide bonds. The first-order valence-corrected chi connectivity index (χ1v) is 6.80. The number of carboxylic acid groups (broad SMARTS) is 1. The van der Waals surface area contributed by atoms with E-state index < -0.39 is 5.97 Å². The van der Waals surface area contributed by atoms with Gasteiger partial charge in [0.15, 0.2) is 0 Å². The van der Waals surface area contributed by atoms with Crippen LogP contribution in [-0.4, -0.2) is 28.1 Å². The van der Waals surface area contributed by atoms with Crippen LogP contribution in [0.3, 0.4) is 0 Å². The van der Waals surface area contributed by atoms with Crippen LogP contribution in [0.15, 0.2) is 18.2 Å². The van der Waals surface area contributed by atoms with Gasteiger partial charge in [0.05, 0.1) is 5.92 Å². The average Bonchev–Trinajstić information content (AvgIpc) is 2.91. The normalized spacial score (nSPS) is 29.9. The van der Waals surface area contributed by atoms with E-state index in [0.717, 1.165) is 18.4 Å². The molecule has 4 heteroatoms. The van der Waals surface area contributed by atoms with Gasteiger partial charge in [-0.15, -0.1) is 0 Å². The summed E-state index contributed by atoms with van der Waals surface area (Å²) in [6.45, 7) is 2.48. The molecule has 19 heavy (non-hydrogen) atoms. The molecule has 0 radical (unpaired) electrons. The third kappa shape index (κ3) is 2.14. The van der Waals surface area contributed by atoms with Gasteiger partial charge in [0, 0.05) is 24.2 Å². The van der Waals surface area contributed by atoms with Crippen LogP contribution < -0.4 is 0 Å². The zero-order chi connectivity index (χ0) is 13.6. The summed E-state index contributed by atoms with van der Waals surface area (Å²) in [5.41, 5.74) is 1.72. The number of rotatable bonds is 3. The Bertz CT molecular complexity index is 517. The maximum absolute atomic E-state index is 13.8. The second kappa shape index (κ2) is 4.60. The van der Waals surface area contributed by atoms with Gasteiger partial charge in [0.2, 0.25) is 0 Å². The Labute approximate surface area is 112 Å². The molecule has 1 aromatic rings. The summed E-state index contributed by atoms with van der Waals surface area (Å²) in [6, 6.07) is 5.52. The van der Waals surface area contributed by atoms with Crippen molar-refractivity contribution in [2.45, 2.75) is 44.8 Å². The highest BCUT2D eigenvalue weighted by atomic mass is 19.1. The number of nitrogens with zero attached hydrogens (tertiary/aromatic N) is 1. The van der Waals surface area contributed by atoms with Gasteiger partial charge >= 0.3 is 5.97 Å². The lowest BCUT2D eigenvalue weighted by Crippen LogP contribution is -2.32. The van der Waals surface area contributed by atoms with Crippen molar-refractivity contribution in [2.24, 2.45) is 5.92 Å². The van der Waals surface area contributed by atoms with Crippen LogP contribution in [0.2, 0.25) is 0 Å². The lowest BCUT2D eigenvalue weighted by Gasteiger charge is -2.23. The van der Waals surface area contributed by atoms with Crippen LogP contribution in [-0.2, 0) is 11.3 Å². The van der Waals surface area contributed by atoms with Crippen molar-refractivity contribution in [3.8, 4) is 0 Å². The first-order valence-electron chi connectivity index (χ1n) is 6.80. The summed E-state index contributed by atoms with van der Waals surface area (Å²) in [5, 5.41) is 9.22. The van der Waals surface area contributed by atoms with E-state index in [-0.39, 0.29) is 17.8 Å². The monoisotopic (exact) mass is 263 g/mol. The van der Waals surface area contributed by atoms with Crippen molar-refractivity contribution in [1.82, 2.24) is 4.90 Å². The summed E-state index contributed by atoms with van der Waals surface area (Å²) in [6.07, 6.45) is 2.68. The van der Waals surface area contributed by atoms with E-state index in [9.17, 15) is 14.3 Å². The molecule has 0 saturated carbocycles. The Hall–Kier alpha value is -1.42. The number of hydrogen-bond donors (Lipinski definition) is 1. The van der Waals surface area contributed by atoms with E-state index >= 15 is 0 Å². The molecular formula is C15H18FNO2. The van der Waals surface area contributed by atoms with E-state index in [1.54, 1.807) is 6.07 Å². The van der Waals surface area contributed by atoms with Crippen molar-refractivity contribution in [3.63, 3.8) is 0 Å². The molecule has 2 aliphatic heterocycles. The Morgan fingerprint density at radius 3 is 2.95 bits per heavy atom. The number of benzene rings is 1. The van der Waals surface area contributed by atoms with Crippen molar-refractivity contribution >= 4 is 5.97 Å². The first kappa shape index (κ1) is 12.6. The quantitative estimate of drug-likeness (QED) is 0.911. The third-order valence-electron chi connectivity index (χ3n) is 4.55. The van der Waals surface area contributed by atoms with Gasteiger partial charge in [-0.25, -0.2) is 4.39 Å². The fourth-order valence-corrected chi connectivity index (χ4v) is 3.63. The van der Waals surface area contributed by atoms with Crippen LogP contribution >= 0.6 is 0 Å². The molecule has 0 spiro atoms. The van der Waals surface area contributed by atoms with Crippen molar-refractivity contribution < 1.29 is 14.3 Å². The molecule has 0 aromatic heterocycles. The topological polar surface area (TPSA) is 40.5 Å². The maximum atomic E-state index is 13.8. The van der Waals surface area contributed by atoms with Gasteiger partial charge in [-0.2, -0.15) is 0 Å². The molecule has 102 valence electrons. The van der Waals surface area contributed by atoms with Gasteiger partial charge in [0.1, 0.15) is 5.82 Å². The van der Waals surface area contributed by atoms with Crippen molar-refractivity contribution in [2.75, 3.05) is 0 Å². The SMILES string of the molecule is Cc1ccc(F)c(CN2C3CCC2C(C(=O)O)C3)c1. The summed E-state index contributed by atoms with van der Waals surface area (Å²) in [5.74, 6) is -1.17. The molecule has 2 fully saturated rings. The number of aliphatic carboxylic acids is 1. The Morgan fingerprint density at radius 2 is 2.26 bits per heavy atom. The van der Waals surface area contributed by atoms with Gasteiger partial charge < -0.3 is 5.11 Å². The molecule has 2 bridgehead atoms. The molecule has 3 nitrogen and oxygen atoms in total. The number of fused-ring (bicyclic) bond motifs is 2. The van der Waals surface area contributed by atoms with Crippen LogP contribution in [0.5, 0.6) is 0 Å². The van der Waals surface area contributed by atoms with Crippen LogP contribution in [0.4, 0.5) is 4.39 Å². The summed E-state index contributed by atoms with van der Waals surface area (Å²) in [4.78, 5) is 13.4. The number of halogens is 1.